The molecule has 0 atom stereocenters. The molecule has 0 unspecified atom stereocenters. The summed E-state index contributed by atoms with van der Waals surface area (Å²) in [4.78, 5) is 11.5. The minimum atomic E-state index is -2.06. The second-order valence-corrected chi connectivity index (χ2v) is 6.36. The van der Waals surface area contributed by atoms with Gasteiger partial charge in [0.15, 0.2) is 0 Å². The van der Waals surface area contributed by atoms with Gasteiger partial charge < -0.3 is 4.74 Å². The van der Waals surface area contributed by atoms with Crippen molar-refractivity contribution in [1.29, 1.82) is 0 Å². The Morgan fingerprint density at radius 1 is 1.29 bits per heavy atom. The van der Waals surface area contributed by atoms with E-state index in [2.05, 4.69) is 0 Å². The first-order valence-electron chi connectivity index (χ1n) is 5.11. The van der Waals surface area contributed by atoms with Crippen molar-refractivity contribution in [2.24, 2.45) is 0 Å². The molecule has 0 N–H and O–H groups in total. The first-order chi connectivity index (χ1) is 7.71. The molecular formula is C12H13Cl3O2. The summed E-state index contributed by atoms with van der Waals surface area (Å²) in [5.74, 6) is -0.236. The molecule has 0 aliphatic carbocycles. The van der Waals surface area contributed by atoms with Gasteiger partial charge in [0.1, 0.15) is 5.75 Å². The van der Waals surface area contributed by atoms with Gasteiger partial charge in [-0.3, -0.25) is 0 Å². The SMILES string of the molecule is Cc1ccc(C(C)C)c(OC(=O)C(Cl)(Cl)Cl)c1. The van der Waals surface area contributed by atoms with Crippen molar-refractivity contribution in [2.75, 3.05) is 0 Å². The van der Waals surface area contributed by atoms with E-state index >= 15 is 0 Å². The first kappa shape index (κ1) is 14.6. The van der Waals surface area contributed by atoms with E-state index in [-0.39, 0.29) is 5.92 Å². The highest BCUT2D eigenvalue weighted by Gasteiger charge is 2.33. The third kappa shape index (κ3) is 4.06. The smallest absolute Gasteiger partial charge is 0.363 e. The zero-order valence-electron chi connectivity index (χ0n) is 9.76. The van der Waals surface area contributed by atoms with Crippen molar-refractivity contribution in [3.05, 3.63) is 29.3 Å². The lowest BCUT2D eigenvalue weighted by molar-refractivity contribution is -0.133. The molecule has 0 radical (unpaired) electrons. The second kappa shape index (κ2) is 5.47. The van der Waals surface area contributed by atoms with Crippen molar-refractivity contribution < 1.29 is 9.53 Å². The van der Waals surface area contributed by atoms with Crippen LogP contribution in [0, 0.1) is 6.92 Å². The quantitative estimate of drug-likeness (QED) is 0.459. The number of halogens is 3. The molecule has 0 fully saturated rings. The average molecular weight is 296 g/mol. The number of carbonyl (C=O) groups is 1. The lowest BCUT2D eigenvalue weighted by Gasteiger charge is -2.16. The van der Waals surface area contributed by atoms with Gasteiger partial charge in [0.05, 0.1) is 0 Å². The molecule has 1 aromatic rings. The lowest BCUT2D eigenvalue weighted by Crippen LogP contribution is -2.25. The highest BCUT2D eigenvalue weighted by atomic mass is 35.6. The van der Waals surface area contributed by atoms with Gasteiger partial charge >= 0.3 is 5.97 Å². The predicted molar refractivity (Wildman–Crippen MR) is 71.2 cm³/mol. The molecule has 0 aliphatic heterocycles. The van der Waals surface area contributed by atoms with Gasteiger partial charge in [-0.25, -0.2) is 4.79 Å². The van der Waals surface area contributed by atoms with Crippen LogP contribution in [0.3, 0.4) is 0 Å². The van der Waals surface area contributed by atoms with Crippen LogP contribution in [0.25, 0.3) is 0 Å². The molecule has 0 heterocycles. The van der Waals surface area contributed by atoms with Crippen LogP contribution in [0.1, 0.15) is 30.9 Å². The summed E-state index contributed by atoms with van der Waals surface area (Å²) >= 11 is 16.4. The van der Waals surface area contributed by atoms with Crippen molar-refractivity contribution in [3.63, 3.8) is 0 Å². The van der Waals surface area contributed by atoms with Gasteiger partial charge in [-0.15, -0.1) is 0 Å². The number of hydrogen-bond donors (Lipinski definition) is 0. The summed E-state index contributed by atoms with van der Waals surface area (Å²) in [6.07, 6.45) is 0. The van der Waals surface area contributed by atoms with Gasteiger partial charge in [0.25, 0.3) is 3.79 Å². The molecule has 0 amide bonds. The molecule has 17 heavy (non-hydrogen) atoms. The summed E-state index contributed by atoms with van der Waals surface area (Å²) < 4.78 is 3.06. The van der Waals surface area contributed by atoms with Crippen LogP contribution in [-0.2, 0) is 4.79 Å². The lowest BCUT2D eigenvalue weighted by atomic mass is 10.0. The Kier molecular flexibility index (Phi) is 4.70. The van der Waals surface area contributed by atoms with E-state index in [4.69, 9.17) is 39.5 Å². The van der Waals surface area contributed by atoms with E-state index in [0.29, 0.717) is 5.75 Å². The number of esters is 1. The van der Waals surface area contributed by atoms with E-state index in [0.717, 1.165) is 11.1 Å². The first-order valence-corrected chi connectivity index (χ1v) is 6.24. The molecule has 0 saturated heterocycles. The van der Waals surface area contributed by atoms with E-state index in [1.807, 2.05) is 32.9 Å². The van der Waals surface area contributed by atoms with Crippen LogP contribution in [0.15, 0.2) is 18.2 Å². The van der Waals surface area contributed by atoms with Gasteiger partial charge in [-0.2, -0.15) is 0 Å². The second-order valence-electron chi connectivity index (χ2n) is 4.08. The Balaban J connectivity index is 3.05. The van der Waals surface area contributed by atoms with Crippen molar-refractivity contribution in [1.82, 2.24) is 0 Å². The Morgan fingerprint density at radius 3 is 2.35 bits per heavy atom. The van der Waals surface area contributed by atoms with Crippen LogP contribution >= 0.6 is 34.8 Å². The highest BCUT2D eigenvalue weighted by molar-refractivity contribution is 6.75. The van der Waals surface area contributed by atoms with E-state index in [9.17, 15) is 4.79 Å². The van der Waals surface area contributed by atoms with E-state index in [1.165, 1.54) is 0 Å². The molecule has 2 nitrogen and oxygen atoms in total. The summed E-state index contributed by atoms with van der Waals surface area (Å²) in [5, 5.41) is 0. The molecule has 0 aromatic heterocycles. The van der Waals surface area contributed by atoms with Gasteiger partial charge in [0.2, 0.25) is 0 Å². The molecule has 0 saturated carbocycles. The highest BCUT2D eigenvalue weighted by Crippen LogP contribution is 2.32. The Bertz CT molecular complexity index is 422. The standard InChI is InChI=1S/C12H13Cl3O2/c1-7(2)9-5-4-8(3)6-10(9)17-11(16)12(13,14)15/h4-7H,1-3H3. The van der Waals surface area contributed by atoms with Crippen molar-refractivity contribution in [2.45, 2.75) is 30.5 Å². The molecular weight excluding hydrogens is 282 g/mol. The van der Waals surface area contributed by atoms with Crippen LogP contribution in [-0.4, -0.2) is 9.76 Å². The van der Waals surface area contributed by atoms with Gasteiger partial charge in [0, 0.05) is 0 Å². The van der Waals surface area contributed by atoms with Gasteiger partial charge in [-0.1, -0.05) is 60.8 Å². The fourth-order valence-electron chi connectivity index (χ4n) is 1.36. The molecule has 1 rings (SSSR count). The number of hydrogen-bond acceptors (Lipinski definition) is 2. The summed E-state index contributed by atoms with van der Waals surface area (Å²) in [5.41, 5.74) is 1.87. The van der Waals surface area contributed by atoms with Gasteiger partial charge in [-0.05, 0) is 30.0 Å². The maximum absolute atomic E-state index is 11.5. The largest absolute Gasteiger partial charge is 0.423 e. The van der Waals surface area contributed by atoms with Crippen LogP contribution in [0.5, 0.6) is 5.75 Å². The molecule has 5 heteroatoms. The topological polar surface area (TPSA) is 26.3 Å². The molecule has 0 spiro atoms. The summed E-state index contributed by atoms with van der Waals surface area (Å²) in [6.45, 7) is 5.89. The monoisotopic (exact) mass is 294 g/mol. The number of benzene rings is 1. The maximum atomic E-state index is 11.5. The van der Waals surface area contributed by atoms with E-state index in [1.54, 1.807) is 6.07 Å². The normalized spacial score (nSPS) is 11.7. The number of alkyl halides is 3. The zero-order valence-corrected chi connectivity index (χ0v) is 12.0. The Labute approximate surface area is 116 Å². The Hall–Kier alpha value is -0.440. The molecule has 94 valence electrons. The fraction of sp³-hybridized carbons (Fsp3) is 0.417. The van der Waals surface area contributed by atoms with Crippen LogP contribution in [0.4, 0.5) is 0 Å². The average Bonchev–Trinajstić information content (AvgIpc) is 2.15. The number of rotatable bonds is 2. The third-order valence-electron chi connectivity index (χ3n) is 2.23. The van der Waals surface area contributed by atoms with E-state index < -0.39 is 9.76 Å². The number of ether oxygens (including phenoxy) is 1. The van der Waals surface area contributed by atoms with Crippen LogP contribution < -0.4 is 4.74 Å². The molecule has 0 aliphatic rings. The summed E-state index contributed by atoms with van der Waals surface area (Å²) in [6, 6.07) is 5.60. The van der Waals surface area contributed by atoms with Crippen molar-refractivity contribution in [3.8, 4) is 5.75 Å². The molecule has 0 bridgehead atoms. The zero-order chi connectivity index (χ0) is 13.2. The predicted octanol–water partition coefficient (Wildman–Crippen LogP) is 4.39. The number of aryl methyl sites for hydroxylation is 1. The third-order valence-corrected chi connectivity index (χ3v) is 2.69. The fourth-order valence-corrected chi connectivity index (χ4v) is 1.48. The number of carbonyl (C=O) groups excluding carboxylic acids is 1. The molecule has 1 aromatic carbocycles. The Morgan fingerprint density at radius 2 is 1.88 bits per heavy atom. The maximum Gasteiger partial charge on any atom is 0.363 e. The minimum absolute atomic E-state index is 0.216. The summed E-state index contributed by atoms with van der Waals surface area (Å²) in [7, 11) is 0. The minimum Gasteiger partial charge on any atom is -0.423 e. The van der Waals surface area contributed by atoms with Crippen molar-refractivity contribution >= 4 is 40.8 Å². The van der Waals surface area contributed by atoms with Crippen LogP contribution in [0.2, 0.25) is 0 Å².